The Balaban J connectivity index is 2.20. The highest BCUT2D eigenvalue weighted by atomic mass is 16.4. The molecule has 2 atom stereocenters. The van der Waals surface area contributed by atoms with Crippen molar-refractivity contribution in [3.05, 3.63) is 0 Å². The lowest BCUT2D eigenvalue weighted by molar-refractivity contribution is -0.137. The maximum absolute atomic E-state index is 10.8. The third kappa shape index (κ3) is 3.77. The molecule has 14 heavy (non-hydrogen) atoms. The zero-order chi connectivity index (χ0) is 10.6. The molecule has 2 N–H and O–H groups in total. The molecule has 80 valence electrons. The van der Waals surface area contributed by atoms with E-state index in [4.69, 9.17) is 5.11 Å². The number of amides is 1. The van der Waals surface area contributed by atoms with Crippen LogP contribution in [0.4, 0.5) is 0 Å². The van der Waals surface area contributed by atoms with Crippen LogP contribution in [0.15, 0.2) is 0 Å². The highest BCUT2D eigenvalue weighted by molar-refractivity contribution is 5.73. The van der Waals surface area contributed by atoms with E-state index >= 15 is 0 Å². The van der Waals surface area contributed by atoms with E-state index in [1.807, 2.05) is 0 Å². The van der Waals surface area contributed by atoms with Crippen LogP contribution in [0, 0.1) is 5.92 Å². The molecule has 0 radical (unpaired) electrons. The zero-order valence-corrected chi connectivity index (χ0v) is 8.45. The average Bonchev–Trinajstić information content (AvgIpc) is 2.47. The minimum atomic E-state index is -0.729. The van der Waals surface area contributed by atoms with E-state index in [-0.39, 0.29) is 18.4 Å². The quantitative estimate of drug-likeness (QED) is 0.714. The summed E-state index contributed by atoms with van der Waals surface area (Å²) in [6.07, 6.45) is 3.96. The van der Waals surface area contributed by atoms with E-state index in [0.717, 1.165) is 25.7 Å². The lowest BCUT2D eigenvalue weighted by Crippen LogP contribution is -2.30. The molecule has 0 aromatic heterocycles. The summed E-state index contributed by atoms with van der Waals surface area (Å²) in [6, 6.07) is 0.270. The van der Waals surface area contributed by atoms with Crippen molar-refractivity contribution in [3.63, 3.8) is 0 Å². The Morgan fingerprint density at radius 1 is 1.43 bits per heavy atom. The van der Waals surface area contributed by atoms with Gasteiger partial charge >= 0.3 is 5.97 Å². The normalized spacial score (nSPS) is 26.1. The summed E-state index contributed by atoms with van der Waals surface area (Å²) in [7, 11) is 0. The lowest BCUT2D eigenvalue weighted by Gasteiger charge is -2.11. The van der Waals surface area contributed by atoms with Gasteiger partial charge < -0.3 is 10.4 Å². The maximum atomic E-state index is 10.8. The smallest absolute Gasteiger partial charge is 0.303 e. The molecule has 0 aromatic carbocycles. The minimum absolute atomic E-state index is 0.00823. The fraction of sp³-hybridized carbons (Fsp3) is 0.800. The van der Waals surface area contributed by atoms with Gasteiger partial charge in [-0.2, -0.15) is 0 Å². The van der Waals surface area contributed by atoms with Crippen LogP contribution < -0.4 is 5.32 Å². The number of carbonyl (C=O) groups is 2. The summed E-state index contributed by atoms with van der Waals surface area (Å²) in [5.74, 6) is -0.246. The van der Waals surface area contributed by atoms with Crippen LogP contribution >= 0.6 is 0 Å². The Kier molecular flexibility index (Phi) is 3.92. The maximum Gasteiger partial charge on any atom is 0.303 e. The van der Waals surface area contributed by atoms with Crippen LogP contribution in [0.3, 0.4) is 0 Å². The molecule has 0 bridgehead atoms. The van der Waals surface area contributed by atoms with Crippen LogP contribution in [0.25, 0.3) is 0 Å². The predicted octanol–water partition coefficient (Wildman–Crippen LogP) is 1.16. The molecule has 0 heterocycles. The van der Waals surface area contributed by atoms with E-state index in [1.54, 1.807) is 0 Å². The van der Waals surface area contributed by atoms with E-state index < -0.39 is 5.97 Å². The van der Waals surface area contributed by atoms with Gasteiger partial charge in [0, 0.05) is 19.4 Å². The molecule has 1 aliphatic rings. The highest BCUT2D eigenvalue weighted by Gasteiger charge is 2.25. The van der Waals surface area contributed by atoms with Crippen LogP contribution in [-0.2, 0) is 9.59 Å². The van der Waals surface area contributed by atoms with Crippen LogP contribution in [0.2, 0.25) is 0 Å². The van der Waals surface area contributed by atoms with Gasteiger partial charge in [0.15, 0.2) is 0 Å². The summed E-state index contributed by atoms with van der Waals surface area (Å²) in [5.41, 5.74) is 0. The van der Waals surface area contributed by atoms with Crippen LogP contribution in [0.5, 0.6) is 0 Å². The molecule has 0 aromatic rings. The minimum Gasteiger partial charge on any atom is -0.481 e. The molecule has 1 rings (SSSR count). The van der Waals surface area contributed by atoms with Crippen LogP contribution in [-0.4, -0.2) is 23.0 Å². The van der Waals surface area contributed by atoms with Crippen LogP contribution in [0.1, 0.15) is 39.0 Å². The number of rotatable bonds is 4. The van der Waals surface area contributed by atoms with Gasteiger partial charge in [-0.25, -0.2) is 0 Å². The number of carboxylic acids is 1. The third-order valence-corrected chi connectivity index (χ3v) is 2.72. The van der Waals surface area contributed by atoms with Gasteiger partial charge in [-0.1, -0.05) is 0 Å². The number of hydrogen-bond donors (Lipinski definition) is 2. The van der Waals surface area contributed by atoms with E-state index in [2.05, 4.69) is 5.32 Å². The van der Waals surface area contributed by atoms with Gasteiger partial charge in [-0.15, -0.1) is 0 Å². The SMILES string of the molecule is CC(=O)N[C@@H]1CC[C@H](CCC(=O)O)C1. The Hall–Kier alpha value is -1.06. The van der Waals surface area contributed by atoms with Crippen molar-refractivity contribution < 1.29 is 14.7 Å². The summed E-state index contributed by atoms with van der Waals surface area (Å²) < 4.78 is 0. The first-order valence-electron chi connectivity index (χ1n) is 5.07. The molecule has 1 saturated carbocycles. The summed E-state index contributed by atoms with van der Waals surface area (Å²) >= 11 is 0. The van der Waals surface area contributed by atoms with Gasteiger partial charge in [-0.05, 0) is 31.6 Å². The molecule has 0 unspecified atom stereocenters. The summed E-state index contributed by atoms with van der Waals surface area (Å²) in [5, 5.41) is 11.4. The fourth-order valence-corrected chi connectivity index (χ4v) is 2.08. The number of hydrogen-bond acceptors (Lipinski definition) is 2. The van der Waals surface area contributed by atoms with Crippen molar-refractivity contribution in [2.45, 2.75) is 45.1 Å². The molecule has 0 spiro atoms. The largest absolute Gasteiger partial charge is 0.481 e. The molecule has 4 nitrogen and oxygen atoms in total. The number of aliphatic carboxylic acids is 1. The zero-order valence-electron chi connectivity index (χ0n) is 8.45. The van der Waals surface area contributed by atoms with Gasteiger partial charge in [0.05, 0.1) is 0 Å². The second-order valence-electron chi connectivity index (χ2n) is 4.01. The highest BCUT2D eigenvalue weighted by Crippen LogP contribution is 2.29. The Morgan fingerprint density at radius 3 is 2.71 bits per heavy atom. The molecular weight excluding hydrogens is 182 g/mol. The van der Waals surface area contributed by atoms with E-state index in [0.29, 0.717) is 5.92 Å². The monoisotopic (exact) mass is 199 g/mol. The number of carboxylic acid groups (broad SMARTS) is 1. The molecule has 0 saturated heterocycles. The van der Waals surface area contributed by atoms with Gasteiger partial charge in [0.25, 0.3) is 0 Å². The Morgan fingerprint density at radius 2 is 2.14 bits per heavy atom. The predicted molar refractivity (Wildman–Crippen MR) is 51.8 cm³/mol. The first-order valence-corrected chi connectivity index (χ1v) is 5.07. The van der Waals surface area contributed by atoms with E-state index in [1.165, 1.54) is 6.92 Å². The fourth-order valence-electron chi connectivity index (χ4n) is 2.08. The van der Waals surface area contributed by atoms with Gasteiger partial charge in [0.1, 0.15) is 0 Å². The van der Waals surface area contributed by atoms with Gasteiger partial charge in [0.2, 0.25) is 5.91 Å². The van der Waals surface area contributed by atoms with Crippen molar-refractivity contribution >= 4 is 11.9 Å². The lowest BCUT2D eigenvalue weighted by atomic mass is 10.0. The first-order chi connectivity index (χ1) is 6.58. The Labute approximate surface area is 83.7 Å². The van der Waals surface area contributed by atoms with Crippen molar-refractivity contribution in [1.82, 2.24) is 5.32 Å². The molecule has 4 heteroatoms. The summed E-state index contributed by atoms with van der Waals surface area (Å²) in [4.78, 5) is 21.1. The molecule has 0 aliphatic heterocycles. The second kappa shape index (κ2) is 4.98. The average molecular weight is 199 g/mol. The number of nitrogens with one attached hydrogen (secondary N) is 1. The number of carbonyl (C=O) groups excluding carboxylic acids is 1. The standard InChI is InChI=1S/C10H17NO3/c1-7(12)11-9-4-2-8(6-9)3-5-10(13)14/h8-9H,2-6H2,1H3,(H,11,12)(H,13,14)/t8-,9-/m1/s1. The van der Waals surface area contributed by atoms with Crippen molar-refractivity contribution in [2.75, 3.05) is 0 Å². The molecular formula is C10H17NO3. The molecule has 1 amide bonds. The topological polar surface area (TPSA) is 66.4 Å². The first kappa shape index (κ1) is 11.0. The second-order valence-corrected chi connectivity index (χ2v) is 4.01. The van der Waals surface area contributed by atoms with Crippen molar-refractivity contribution in [1.29, 1.82) is 0 Å². The van der Waals surface area contributed by atoms with Crippen molar-refractivity contribution in [2.24, 2.45) is 5.92 Å². The summed E-state index contributed by atoms with van der Waals surface area (Å²) in [6.45, 7) is 1.52. The van der Waals surface area contributed by atoms with E-state index in [9.17, 15) is 9.59 Å². The van der Waals surface area contributed by atoms with Crippen molar-refractivity contribution in [3.8, 4) is 0 Å². The third-order valence-electron chi connectivity index (χ3n) is 2.72. The molecule has 1 aliphatic carbocycles. The molecule has 1 fully saturated rings. The Bertz CT molecular complexity index is 227. The van der Waals surface area contributed by atoms with Gasteiger partial charge in [-0.3, -0.25) is 9.59 Å².